The zero-order valence-corrected chi connectivity index (χ0v) is 25.2. The molecular weight excluding hydrogens is 504 g/mol. The van der Waals surface area contributed by atoms with E-state index < -0.39 is 8.32 Å². The van der Waals surface area contributed by atoms with Crippen molar-refractivity contribution in [3.63, 3.8) is 0 Å². The number of carbonyl (C=O) groups excluding carboxylic acids is 1. The highest BCUT2D eigenvalue weighted by Gasteiger charge is 2.43. The Morgan fingerprint density at radius 2 is 1.74 bits per heavy atom. The van der Waals surface area contributed by atoms with Gasteiger partial charge >= 0.3 is 5.97 Å². The van der Waals surface area contributed by atoms with Gasteiger partial charge in [-0.2, -0.15) is 0 Å². The van der Waals surface area contributed by atoms with Gasteiger partial charge in [-0.1, -0.05) is 69.3 Å². The molecule has 1 aliphatic rings. The van der Waals surface area contributed by atoms with Gasteiger partial charge in [-0.25, -0.2) is 4.79 Å². The van der Waals surface area contributed by atoms with E-state index in [1.165, 1.54) is 5.56 Å². The predicted octanol–water partition coefficient (Wildman–Crippen LogP) is 7.80. The Bertz CT molecular complexity index is 1250. The Morgan fingerprint density at radius 3 is 2.46 bits per heavy atom. The lowest BCUT2D eigenvalue weighted by atomic mass is 9.87. The molecule has 1 heterocycles. The first kappa shape index (κ1) is 28.9. The molecule has 208 valence electrons. The minimum Gasteiger partial charge on any atom is -0.493 e. The van der Waals surface area contributed by atoms with Crippen LogP contribution in [0.15, 0.2) is 72.8 Å². The van der Waals surface area contributed by atoms with Crippen molar-refractivity contribution in [1.29, 1.82) is 0 Å². The standard InChI is InChI=1S/C33H42O5Si/c1-7-35-32(34)26-14-11-15-28(22-26)36-19-18-25-16-17-29-30(21-25)37-23-27(20-24-12-9-8-10-13-24)31(29)38-39(5,6)33(2,3)4/h8-17,21-22,27,31H,7,18-20,23H2,1-6H3. The molecule has 2 unspecified atom stereocenters. The lowest BCUT2D eigenvalue weighted by Crippen LogP contribution is -2.45. The maximum Gasteiger partial charge on any atom is 0.338 e. The molecule has 0 fully saturated rings. The second-order valence-electron chi connectivity index (χ2n) is 11.8. The number of fused-ring (bicyclic) bond motifs is 1. The Labute approximate surface area is 234 Å². The van der Waals surface area contributed by atoms with Crippen LogP contribution in [0.5, 0.6) is 11.5 Å². The van der Waals surface area contributed by atoms with Crippen molar-refractivity contribution in [1.82, 2.24) is 0 Å². The van der Waals surface area contributed by atoms with E-state index in [-0.39, 0.29) is 23.0 Å². The predicted molar refractivity (Wildman–Crippen MR) is 158 cm³/mol. The summed E-state index contributed by atoms with van der Waals surface area (Å²) in [6.07, 6.45) is 1.63. The van der Waals surface area contributed by atoms with E-state index in [1.807, 2.05) is 12.1 Å². The summed E-state index contributed by atoms with van der Waals surface area (Å²) in [5, 5.41) is 0.116. The summed E-state index contributed by atoms with van der Waals surface area (Å²) in [4.78, 5) is 12.0. The maximum atomic E-state index is 12.0. The summed E-state index contributed by atoms with van der Waals surface area (Å²) < 4.78 is 24.5. The molecule has 5 nitrogen and oxygen atoms in total. The average molecular weight is 547 g/mol. The Balaban J connectivity index is 1.48. The summed E-state index contributed by atoms with van der Waals surface area (Å²) >= 11 is 0. The van der Waals surface area contributed by atoms with E-state index in [0.29, 0.717) is 31.1 Å². The molecule has 0 radical (unpaired) electrons. The van der Waals surface area contributed by atoms with Crippen molar-refractivity contribution in [2.75, 3.05) is 19.8 Å². The van der Waals surface area contributed by atoms with Crippen molar-refractivity contribution in [2.24, 2.45) is 5.92 Å². The SMILES string of the molecule is CCOC(=O)c1cccc(OCCc2ccc3c(c2)OCC(Cc2ccccc2)C3O[Si](C)(C)C(C)(C)C)c1. The van der Waals surface area contributed by atoms with Crippen LogP contribution in [0.3, 0.4) is 0 Å². The van der Waals surface area contributed by atoms with Gasteiger partial charge < -0.3 is 18.6 Å². The molecule has 6 heteroatoms. The number of carbonyl (C=O) groups is 1. The first-order valence-corrected chi connectivity index (χ1v) is 16.9. The molecule has 39 heavy (non-hydrogen) atoms. The minimum atomic E-state index is -2.02. The molecule has 4 rings (SSSR count). The lowest BCUT2D eigenvalue weighted by molar-refractivity contribution is 0.0525. The van der Waals surface area contributed by atoms with Gasteiger partial charge in [0.05, 0.1) is 31.5 Å². The van der Waals surface area contributed by atoms with Crippen LogP contribution in [0.2, 0.25) is 18.1 Å². The van der Waals surface area contributed by atoms with Gasteiger partial charge in [-0.3, -0.25) is 0 Å². The van der Waals surface area contributed by atoms with Gasteiger partial charge in [-0.15, -0.1) is 0 Å². The molecule has 0 aliphatic carbocycles. The van der Waals surface area contributed by atoms with E-state index in [0.717, 1.165) is 29.7 Å². The molecule has 3 aromatic rings. The normalized spacial score (nSPS) is 17.2. The lowest BCUT2D eigenvalue weighted by Gasteiger charge is -2.43. The van der Waals surface area contributed by atoms with Crippen LogP contribution in [-0.4, -0.2) is 34.1 Å². The molecule has 1 aliphatic heterocycles. The largest absolute Gasteiger partial charge is 0.493 e. The van der Waals surface area contributed by atoms with E-state index in [9.17, 15) is 4.79 Å². The smallest absolute Gasteiger partial charge is 0.338 e. The molecule has 0 N–H and O–H groups in total. The first-order chi connectivity index (χ1) is 18.6. The third-order valence-electron chi connectivity index (χ3n) is 7.84. The van der Waals surface area contributed by atoms with Gasteiger partial charge in [0, 0.05) is 17.9 Å². The number of rotatable bonds is 10. The molecule has 0 aromatic heterocycles. The number of esters is 1. The molecule has 3 aromatic carbocycles. The van der Waals surface area contributed by atoms with Crippen LogP contribution < -0.4 is 9.47 Å². The fraction of sp³-hybridized carbons (Fsp3) is 0.424. The summed E-state index contributed by atoms with van der Waals surface area (Å²) in [6, 6.07) is 24.2. The Kier molecular flexibility index (Phi) is 9.18. The molecule has 0 saturated carbocycles. The number of ether oxygens (including phenoxy) is 3. The highest BCUT2D eigenvalue weighted by molar-refractivity contribution is 6.74. The van der Waals surface area contributed by atoms with Crippen LogP contribution >= 0.6 is 0 Å². The molecular formula is C33H42O5Si. The van der Waals surface area contributed by atoms with E-state index in [2.05, 4.69) is 82.4 Å². The summed E-state index contributed by atoms with van der Waals surface area (Å²) in [5.41, 5.74) is 4.08. The van der Waals surface area contributed by atoms with Gasteiger partial charge in [0.1, 0.15) is 11.5 Å². The van der Waals surface area contributed by atoms with Crippen LogP contribution in [0, 0.1) is 5.92 Å². The molecule has 0 spiro atoms. The topological polar surface area (TPSA) is 54.0 Å². The van der Waals surface area contributed by atoms with E-state index >= 15 is 0 Å². The van der Waals surface area contributed by atoms with Crippen LogP contribution in [-0.2, 0) is 22.0 Å². The van der Waals surface area contributed by atoms with Crippen molar-refractivity contribution < 1.29 is 23.4 Å². The summed E-state index contributed by atoms with van der Waals surface area (Å²) in [7, 11) is -2.02. The zero-order valence-electron chi connectivity index (χ0n) is 24.2. The molecule has 2 atom stereocenters. The first-order valence-electron chi connectivity index (χ1n) is 13.9. The number of hydrogen-bond acceptors (Lipinski definition) is 5. The zero-order chi connectivity index (χ0) is 28.0. The molecule has 0 bridgehead atoms. The van der Waals surface area contributed by atoms with E-state index in [1.54, 1.807) is 19.1 Å². The van der Waals surface area contributed by atoms with Crippen LogP contribution in [0.1, 0.15) is 60.8 Å². The number of benzene rings is 3. The quantitative estimate of drug-likeness (QED) is 0.192. The number of hydrogen-bond donors (Lipinski definition) is 0. The second kappa shape index (κ2) is 12.4. The van der Waals surface area contributed by atoms with Crippen molar-refractivity contribution in [3.8, 4) is 11.5 Å². The summed E-state index contributed by atoms with van der Waals surface area (Å²) in [6.45, 7) is 14.8. The third kappa shape index (κ3) is 7.31. The highest BCUT2D eigenvalue weighted by atomic mass is 28.4. The molecule has 0 saturated heterocycles. The Morgan fingerprint density at radius 1 is 0.974 bits per heavy atom. The van der Waals surface area contributed by atoms with Crippen LogP contribution in [0.25, 0.3) is 0 Å². The fourth-order valence-electron chi connectivity index (χ4n) is 4.58. The van der Waals surface area contributed by atoms with Gasteiger partial charge in [0.15, 0.2) is 8.32 Å². The fourth-order valence-corrected chi connectivity index (χ4v) is 5.89. The van der Waals surface area contributed by atoms with Crippen molar-refractivity contribution >= 4 is 14.3 Å². The minimum absolute atomic E-state index is 0.00855. The van der Waals surface area contributed by atoms with Crippen molar-refractivity contribution in [3.05, 3.63) is 95.1 Å². The highest BCUT2D eigenvalue weighted by Crippen LogP contribution is 2.46. The summed E-state index contributed by atoms with van der Waals surface area (Å²) in [5.74, 6) is 1.47. The average Bonchev–Trinajstić information content (AvgIpc) is 2.90. The second-order valence-corrected chi connectivity index (χ2v) is 16.5. The van der Waals surface area contributed by atoms with Crippen LogP contribution in [0.4, 0.5) is 0 Å². The maximum absolute atomic E-state index is 12.0. The van der Waals surface area contributed by atoms with Gasteiger partial charge in [0.2, 0.25) is 0 Å². The molecule has 0 amide bonds. The third-order valence-corrected chi connectivity index (χ3v) is 12.3. The Hall–Kier alpha value is -3.09. The van der Waals surface area contributed by atoms with Gasteiger partial charge in [-0.05, 0) is 66.9 Å². The van der Waals surface area contributed by atoms with Crippen molar-refractivity contribution in [2.45, 2.75) is 64.8 Å². The van der Waals surface area contributed by atoms with E-state index in [4.69, 9.17) is 18.6 Å². The monoisotopic (exact) mass is 546 g/mol. The van der Waals surface area contributed by atoms with Gasteiger partial charge in [0.25, 0.3) is 0 Å².